The number of nitrogens with zero attached hydrogens (tertiary/aromatic N) is 3. The number of hydrogen-bond donors (Lipinski definition) is 1. The van der Waals surface area contributed by atoms with Gasteiger partial charge in [-0.05, 0) is 37.8 Å². The third-order valence-electron chi connectivity index (χ3n) is 5.00. The lowest BCUT2D eigenvalue weighted by molar-refractivity contribution is 0.122. The summed E-state index contributed by atoms with van der Waals surface area (Å²) in [6.07, 6.45) is 9.10. The minimum Gasteiger partial charge on any atom is -0.331 e. The lowest BCUT2D eigenvalue weighted by Crippen LogP contribution is -2.43. The first-order chi connectivity index (χ1) is 9.70. The molecule has 112 valence electrons. The normalized spacial score (nSPS) is 31.8. The van der Waals surface area contributed by atoms with Crippen molar-refractivity contribution in [3.8, 4) is 0 Å². The van der Waals surface area contributed by atoms with Gasteiger partial charge >= 0.3 is 0 Å². The Hall–Kier alpha value is -0.870. The van der Waals surface area contributed by atoms with Crippen LogP contribution in [0.25, 0.3) is 0 Å². The lowest BCUT2D eigenvalue weighted by atomic mass is 9.88. The van der Waals surface area contributed by atoms with E-state index in [4.69, 9.17) is 0 Å². The molecule has 1 aromatic rings. The second kappa shape index (κ2) is 5.86. The summed E-state index contributed by atoms with van der Waals surface area (Å²) >= 11 is 0. The van der Waals surface area contributed by atoms with Gasteiger partial charge in [-0.1, -0.05) is 13.8 Å². The van der Waals surface area contributed by atoms with Gasteiger partial charge in [0.05, 0.1) is 0 Å². The predicted octanol–water partition coefficient (Wildman–Crippen LogP) is 2.08. The molecule has 0 aromatic carbocycles. The summed E-state index contributed by atoms with van der Waals surface area (Å²) in [5.74, 6) is 1.24. The molecule has 0 saturated carbocycles. The maximum absolute atomic E-state index is 4.49. The topological polar surface area (TPSA) is 33.1 Å². The van der Waals surface area contributed by atoms with Crippen molar-refractivity contribution in [1.82, 2.24) is 19.8 Å². The van der Waals surface area contributed by atoms with Crippen molar-refractivity contribution >= 4 is 0 Å². The molecule has 2 fully saturated rings. The van der Waals surface area contributed by atoms with Gasteiger partial charge in [0.25, 0.3) is 0 Å². The third-order valence-corrected chi connectivity index (χ3v) is 5.00. The van der Waals surface area contributed by atoms with E-state index >= 15 is 0 Å². The number of rotatable bonds is 4. The fourth-order valence-corrected chi connectivity index (χ4v) is 3.90. The van der Waals surface area contributed by atoms with Crippen molar-refractivity contribution in [2.75, 3.05) is 32.7 Å². The van der Waals surface area contributed by atoms with Crippen LogP contribution in [0.3, 0.4) is 0 Å². The van der Waals surface area contributed by atoms with E-state index in [1.807, 2.05) is 6.20 Å². The largest absolute Gasteiger partial charge is 0.331 e. The Morgan fingerprint density at radius 1 is 1.50 bits per heavy atom. The van der Waals surface area contributed by atoms with Gasteiger partial charge < -0.3 is 14.8 Å². The second-order valence-electron chi connectivity index (χ2n) is 6.87. The van der Waals surface area contributed by atoms with Crippen molar-refractivity contribution in [1.29, 1.82) is 0 Å². The average Bonchev–Trinajstić information content (AvgIpc) is 3.07. The van der Waals surface area contributed by atoms with Crippen LogP contribution in [-0.4, -0.2) is 47.2 Å². The minimum atomic E-state index is 0.477. The zero-order valence-electron chi connectivity index (χ0n) is 12.9. The molecular weight excluding hydrogens is 248 g/mol. The van der Waals surface area contributed by atoms with Crippen LogP contribution in [0.5, 0.6) is 0 Å². The molecule has 2 aliphatic heterocycles. The van der Waals surface area contributed by atoms with E-state index in [1.165, 1.54) is 57.8 Å². The fraction of sp³-hybridized carbons (Fsp3) is 0.812. The van der Waals surface area contributed by atoms with Gasteiger partial charge in [-0.25, -0.2) is 4.98 Å². The first-order valence-electron chi connectivity index (χ1n) is 8.15. The Morgan fingerprint density at radius 2 is 2.40 bits per heavy atom. The number of likely N-dealkylation sites (tertiary alicyclic amines) is 1. The van der Waals surface area contributed by atoms with Gasteiger partial charge in [0.2, 0.25) is 0 Å². The summed E-state index contributed by atoms with van der Waals surface area (Å²) in [6, 6.07) is 0.624. The molecule has 2 atom stereocenters. The van der Waals surface area contributed by atoms with E-state index in [0.717, 1.165) is 6.42 Å². The van der Waals surface area contributed by atoms with Crippen LogP contribution >= 0.6 is 0 Å². The van der Waals surface area contributed by atoms with E-state index in [1.54, 1.807) is 0 Å². The van der Waals surface area contributed by atoms with E-state index < -0.39 is 0 Å². The Morgan fingerprint density at radius 3 is 3.15 bits per heavy atom. The Kier molecular flexibility index (Phi) is 4.13. The number of piperidine rings is 1. The molecule has 0 bridgehead atoms. The number of aromatic nitrogens is 2. The van der Waals surface area contributed by atoms with Crippen molar-refractivity contribution in [2.24, 2.45) is 5.41 Å². The average molecular weight is 276 g/mol. The van der Waals surface area contributed by atoms with Crippen LogP contribution in [0, 0.1) is 5.41 Å². The lowest BCUT2D eigenvalue weighted by Gasteiger charge is -2.38. The van der Waals surface area contributed by atoms with E-state index in [-0.39, 0.29) is 0 Å². The molecule has 2 aliphatic rings. The Balaban J connectivity index is 1.64. The number of imidazole rings is 1. The first kappa shape index (κ1) is 14.1. The Labute approximate surface area is 122 Å². The fourth-order valence-electron chi connectivity index (χ4n) is 3.90. The van der Waals surface area contributed by atoms with E-state index in [0.29, 0.717) is 11.5 Å². The van der Waals surface area contributed by atoms with Crippen molar-refractivity contribution in [3.05, 3.63) is 18.2 Å². The monoisotopic (exact) mass is 276 g/mol. The summed E-state index contributed by atoms with van der Waals surface area (Å²) in [5.41, 5.74) is 0.477. The van der Waals surface area contributed by atoms with Gasteiger partial charge in [-0.15, -0.1) is 0 Å². The SMILES string of the molecule is CCc1nccn1C1CCCN(CC2(C)CCNC2)C1. The van der Waals surface area contributed by atoms with Crippen LogP contribution < -0.4 is 5.32 Å². The molecule has 2 unspecified atom stereocenters. The number of nitrogens with one attached hydrogen (secondary N) is 1. The van der Waals surface area contributed by atoms with Crippen LogP contribution in [-0.2, 0) is 6.42 Å². The maximum Gasteiger partial charge on any atom is 0.108 e. The highest BCUT2D eigenvalue weighted by Crippen LogP contribution is 2.29. The number of hydrogen-bond acceptors (Lipinski definition) is 3. The van der Waals surface area contributed by atoms with Crippen molar-refractivity contribution in [3.63, 3.8) is 0 Å². The standard InChI is InChI=1S/C16H28N4/c1-3-15-18-8-10-20(15)14-5-4-9-19(11-14)13-16(2)6-7-17-12-16/h8,10,14,17H,3-7,9,11-13H2,1-2H3. The predicted molar refractivity (Wildman–Crippen MR) is 81.9 cm³/mol. The molecule has 4 heteroatoms. The maximum atomic E-state index is 4.49. The summed E-state index contributed by atoms with van der Waals surface area (Å²) in [6.45, 7) is 10.7. The molecule has 2 saturated heterocycles. The van der Waals surface area contributed by atoms with Gasteiger partial charge in [-0.3, -0.25) is 0 Å². The van der Waals surface area contributed by atoms with E-state index in [9.17, 15) is 0 Å². The molecule has 0 amide bonds. The zero-order valence-corrected chi connectivity index (χ0v) is 12.9. The molecule has 3 heterocycles. The molecule has 1 aromatic heterocycles. The Bertz CT molecular complexity index is 433. The van der Waals surface area contributed by atoms with Gasteiger partial charge in [0.1, 0.15) is 5.82 Å². The minimum absolute atomic E-state index is 0.477. The number of aryl methyl sites for hydroxylation is 1. The van der Waals surface area contributed by atoms with Gasteiger partial charge in [0.15, 0.2) is 0 Å². The molecular formula is C16H28N4. The molecule has 20 heavy (non-hydrogen) atoms. The van der Waals surface area contributed by atoms with E-state index in [2.05, 4.69) is 39.8 Å². The van der Waals surface area contributed by atoms with Crippen LogP contribution in [0.15, 0.2) is 12.4 Å². The highest BCUT2D eigenvalue weighted by atomic mass is 15.2. The quantitative estimate of drug-likeness (QED) is 0.914. The highest BCUT2D eigenvalue weighted by Gasteiger charge is 2.32. The molecule has 0 radical (unpaired) electrons. The zero-order chi connectivity index (χ0) is 14.0. The summed E-state index contributed by atoms with van der Waals surface area (Å²) in [5, 5.41) is 3.52. The van der Waals surface area contributed by atoms with Crippen molar-refractivity contribution < 1.29 is 0 Å². The summed E-state index contributed by atoms with van der Waals surface area (Å²) in [7, 11) is 0. The molecule has 0 spiro atoms. The van der Waals surface area contributed by atoms with Crippen LogP contribution in [0.2, 0.25) is 0 Å². The smallest absolute Gasteiger partial charge is 0.108 e. The molecule has 3 rings (SSSR count). The van der Waals surface area contributed by atoms with Gasteiger partial charge in [0, 0.05) is 44.5 Å². The molecule has 1 N–H and O–H groups in total. The molecule has 4 nitrogen and oxygen atoms in total. The third kappa shape index (κ3) is 2.91. The first-order valence-corrected chi connectivity index (χ1v) is 8.15. The summed E-state index contributed by atoms with van der Waals surface area (Å²) < 4.78 is 2.42. The highest BCUT2D eigenvalue weighted by molar-refractivity contribution is 4.97. The summed E-state index contributed by atoms with van der Waals surface area (Å²) in [4.78, 5) is 7.17. The second-order valence-corrected chi connectivity index (χ2v) is 6.87. The van der Waals surface area contributed by atoms with Crippen molar-refractivity contribution in [2.45, 2.75) is 45.6 Å². The van der Waals surface area contributed by atoms with Gasteiger partial charge in [-0.2, -0.15) is 0 Å². The molecule has 0 aliphatic carbocycles. The van der Waals surface area contributed by atoms with Crippen LogP contribution in [0.4, 0.5) is 0 Å². The van der Waals surface area contributed by atoms with Crippen LogP contribution in [0.1, 0.15) is 45.0 Å².